The van der Waals surface area contributed by atoms with Crippen LogP contribution >= 0.6 is 11.8 Å². The molecular weight excluding hydrogens is 254 g/mol. The summed E-state index contributed by atoms with van der Waals surface area (Å²) in [7, 11) is 2.19. The van der Waals surface area contributed by atoms with Crippen LogP contribution in [0.25, 0.3) is 0 Å². The molecule has 2 N–H and O–H groups in total. The Morgan fingerprint density at radius 2 is 2.00 bits per heavy atom. The fourth-order valence-corrected chi connectivity index (χ4v) is 3.31. The normalized spacial score (nSPS) is 23.5. The van der Waals surface area contributed by atoms with Crippen LogP contribution in [0.2, 0.25) is 0 Å². The number of nitrogens with zero attached hydrogens (tertiary/aromatic N) is 2. The van der Waals surface area contributed by atoms with Crippen LogP contribution in [-0.4, -0.2) is 55.3 Å². The van der Waals surface area contributed by atoms with E-state index in [0.29, 0.717) is 18.6 Å². The van der Waals surface area contributed by atoms with Gasteiger partial charge in [-0.25, -0.2) is 0 Å². The Balaban J connectivity index is 2.14. The van der Waals surface area contributed by atoms with Crippen molar-refractivity contribution in [1.29, 1.82) is 0 Å². The van der Waals surface area contributed by atoms with Crippen molar-refractivity contribution in [1.82, 2.24) is 9.80 Å². The highest BCUT2D eigenvalue weighted by molar-refractivity contribution is 7.98. The maximum absolute atomic E-state index is 6.04. The molecule has 3 nitrogen and oxygen atoms in total. The quantitative estimate of drug-likeness (QED) is 0.855. The van der Waals surface area contributed by atoms with Gasteiger partial charge in [0.2, 0.25) is 0 Å². The van der Waals surface area contributed by atoms with Crippen molar-refractivity contribution in [3.05, 3.63) is 29.8 Å². The van der Waals surface area contributed by atoms with E-state index in [9.17, 15) is 0 Å². The van der Waals surface area contributed by atoms with E-state index in [0.717, 1.165) is 19.6 Å². The zero-order valence-electron chi connectivity index (χ0n) is 12.2. The Hall–Kier alpha value is -0.550. The smallest absolute Gasteiger partial charge is 0.0474 e. The minimum atomic E-state index is 0.347. The molecule has 0 bridgehead atoms. The second-order valence-corrected chi connectivity index (χ2v) is 6.25. The number of benzene rings is 1. The number of nitrogens with two attached hydrogens (primary N) is 1. The van der Waals surface area contributed by atoms with E-state index in [2.05, 4.69) is 54.3 Å². The molecule has 1 saturated heterocycles. The lowest BCUT2D eigenvalue weighted by Gasteiger charge is -2.42. The fraction of sp³-hybridized carbons (Fsp3) is 0.600. The number of hydrogen-bond acceptors (Lipinski definition) is 4. The third kappa shape index (κ3) is 3.51. The number of rotatable bonds is 4. The molecule has 1 fully saturated rings. The van der Waals surface area contributed by atoms with E-state index < -0.39 is 0 Å². The van der Waals surface area contributed by atoms with Gasteiger partial charge in [-0.05, 0) is 37.9 Å². The summed E-state index contributed by atoms with van der Waals surface area (Å²) in [4.78, 5) is 6.26. The summed E-state index contributed by atoms with van der Waals surface area (Å²) >= 11 is 1.78. The minimum Gasteiger partial charge on any atom is -0.329 e. The lowest BCUT2D eigenvalue weighted by Crippen LogP contribution is -2.52. The molecule has 2 rings (SSSR count). The lowest BCUT2D eigenvalue weighted by molar-refractivity contribution is 0.0635. The summed E-state index contributed by atoms with van der Waals surface area (Å²) in [5.41, 5.74) is 7.39. The molecule has 1 heterocycles. The van der Waals surface area contributed by atoms with Gasteiger partial charge in [-0.3, -0.25) is 4.90 Å². The van der Waals surface area contributed by atoms with Crippen molar-refractivity contribution >= 4 is 11.8 Å². The molecular formula is C15H25N3S. The second kappa shape index (κ2) is 6.75. The fourth-order valence-electron chi connectivity index (χ4n) is 2.91. The Morgan fingerprint density at radius 1 is 1.32 bits per heavy atom. The summed E-state index contributed by atoms with van der Waals surface area (Å²) in [6.07, 6.45) is 2.11. The van der Waals surface area contributed by atoms with Crippen LogP contribution in [0.5, 0.6) is 0 Å². The summed E-state index contributed by atoms with van der Waals surface area (Å²) in [6, 6.07) is 9.77. The van der Waals surface area contributed by atoms with E-state index in [1.807, 2.05) is 0 Å². The van der Waals surface area contributed by atoms with E-state index in [1.165, 1.54) is 10.5 Å². The highest BCUT2D eigenvalue weighted by Crippen LogP contribution is 2.26. The van der Waals surface area contributed by atoms with Crippen LogP contribution < -0.4 is 5.73 Å². The van der Waals surface area contributed by atoms with Crippen LogP contribution in [0.15, 0.2) is 29.2 Å². The van der Waals surface area contributed by atoms with Crippen molar-refractivity contribution in [3.63, 3.8) is 0 Å². The molecule has 1 aliphatic heterocycles. The van der Waals surface area contributed by atoms with E-state index >= 15 is 0 Å². The van der Waals surface area contributed by atoms with E-state index in [1.54, 1.807) is 11.8 Å². The molecule has 106 valence electrons. The van der Waals surface area contributed by atoms with Gasteiger partial charge in [-0.15, -0.1) is 11.8 Å². The van der Waals surface area contributed by atoms with E-state index in [-0.39, 0.29) is 0 Å². The summed E-state index contributed by atoms with van der Waals surface area (Å²) < 4.78 is 0. The van der Waals surface area contributed by atoms with Crippen LogP contribution in [0.4, 0.5) is 0 Å². The molecule has 2 atom stereocenters. The maximum atomic E-state index is 6.04. The number of thioether (sulfide) groups is 1. The predicted octanol–water partition coefficient (Wildman–Crippen LogP) is 2.04. The molecule has 1 aromatic rings. The minimum absolute atomic E-state index is 0.347. The van der Waals surface area contributed by atoms with Crippen molar-refractivity contribution in [3.8, 4) is 0 Å². The first-order chi connectivity index (χ1) is 9.15. The highest BCUT2D eigenvalue weighted by atomic mass is 32.2. The van der Waals surface area contributed by atoms with Crippen molar-refractivity contribution < 1.29 is 0 Å². The van der Waals surface area contributed by atoms with Gasteiger partial charge in [0.15, 0.2) is 0 Å². The number of hydrogen-bond donors (Lipinski definition) is 1. The second-order valence-electron chi connectivity index (χ2n) is 5.37. The third-order valence-corrected chi connectivity index (χ3v) is 4.75. The van der Waals surface area contributed by atoms with Gasteiger partial charge in [0.1, 0.15) is 0 Å². The SMILES string of the molecule is CSc1ccc(C(CN)N2CCN(C)CC2C)cc1. The molecule has 0 aliphatic carbocycles. The van der Waals surface area contributed by atoms with Gasteiger partial charge in [0.05, 0.1) is 0 Å². The molecule has 0 radical (unpaired) electrons. The molecule has 0 amide bonds. The van der Waals surface area contributed by atoms with Crippen LogP contribution in [0.1, 0.15) is 18.5 Å². The van der Waals surface area contributed by atoms with E-state index in [4.69, 9.17) is 5.73 Å². The molecule has 1 aliphatic rings. The Bertz CT molecular complexity index is 393. The topological polar surface area (TPSA) is 32.5 Å². The predicted molar refractivity (Wildman–Crippen MR) is 83.7 cm³/mol. The molecule has 1 aromatic carbocycles. The Labute approximate surface area is 121 Å². The average molecular weight is 279 g/mol. The number of piperazine rings is 1. The monoisotopic (exact) mass is 279 g/mol. The molecule has 0 saturated carbocycles. The van der Waals surface area contributed by atoms with Gasteiger partial charge in [-0.1, -0.05) is 12.1 Å². The highest BCUT2D eigenvalue weighted by Gasteiger charge is 2.28. The van der Waals surface area contributed by atoms with Crippen molar-refractivity contribution in [2.24, 2.45) is 5.73 Å². The Morgan fingerprint density at radius 3 is 2.53 bits per heavy atom. The van der Waals surface area contributed by atoms with Gasteiger partial charge in [-0.2, -0.15) is 0 Å². The zero-order valence-corrected chi connectivity index (χ0v) is 13.0. The third-order valence-electron chi connectivity index (χ3n) is 4.01. The van der Waals surface area contributed by atoms with Crippen LogP contribution in [0.3, 0.4) is 0 Å². The Kier molecular flexibility index (Phi) is 5.28. The van der Waals surface area contributed by atoms with Gasteiger partial charge < -0.3 is 10.6 Å². The summed E-state index contributed by atoms with van der Waals surface area (Å²) in [5.74, 6) is 0. The zero-order chi connectivity index (χ0) is 13.8. The summed E-state index contributed by atoms with van der Waals surface area (Å²) in [6.45, 7) is 6.34. The van der Waals surface area contributed by atoms with Crippen LogP contribution in [0, 0.1) is 0 Å². The molecule has 19 heavy (non-hydrogen) atoms. The maximum Gasteiger partial charge on any atom is 0.0474 e. The van der Waals surface area contributed by atoms with Crippen LogP contribution in [-0.2, 0) is 0 Å². The lowest BCUT2D eigenvalue weighted by atomic mass is 10.0. The first-order valence-corrected chi connectivity index (χ1v) is 8.16. The molecule has 0 spiro atoms. The average Bonchev–Trinajstić information content (AvgIpc) is 2.42. The largest absolute Gasteiger partial charge is 0.329 e. The molecule has 0 aromatic heterocycles. The first kappa shape index (κ1) is 14.9. The number of likely N-dealkylation sites (N-methyl/N-ethyl adjacent to an activating group) is 1. The first-order valence-electron chi connectivity index (χ1n) is 6.94. The van der Waals surface area contributed by atoms with Gasteiger partial charge >= 0.3 is 0 Å². The van der Waals surface area contributed by atoms with Crippen molar-refractivity contribution in [2.75, 3.05) is 39.5 Å². The van der Waals surface area contributed by atoms with Crippen molar-refractivity contribution in [2.45, 2.75) is 23.9 Å². The molecule has 2 unspecified atom stereocenters. The molecule has 4 heteroatoms. The van der Waals surface area contributed by atoms with Gasteiger partial charge in [0.25, 0.3) is 0 Å². The standard InChI is InChI=1S/C15H25N3S/c1-12-11-17(2)8-9-18(12)15(10-16)13-4-6-14(19-3)7-5-13/h4-7,12,15H,8-11,16H2,1-3H3. The van der Waals surface area contributed by atoms with Gasteiger partial charge in [0, 0.05) is 43.2 Å². The summed E-state index contributed by atoms with van der Waals surface area (Å²) in [5, 5.41) is 0.